The molecule has 0 saturated carbocycles. The Hall–Kier alpha value is -1.46. The molecule has 0 bridgehead atoms. The van der Waals surface area contributed by atoms with E-state index in [4.69, 9.17) is 0 Å². The molecule has 0 N–H and O–H groups in total. The molecule has 0 aromatic carbocycles. The molecular formula is C13H13N3S2. The van der Waals surface area contributed by atoms with Gasteiger partial charge in [-0.15, -0.1) is 22.7 Å². The second-order valence-corrected chi connectivity index (χ2v) is 6.03. The second-order valence-electron chi connectivity index (χ2n) is 4.13. The van der Waals surface area contributed by atoms with E-state index in [1.165, 1.54) is 4.88 Å². The molecule has 3 heterocycles. The van der Waals surface area contributed by atoms with Crippen molar-refractivity contribution in [3.63, 3.8) is 0 Å². The average Bonchev–Trinajstić information content (AvgIpc) is 3.06. The van der Waals surface area contributed by atoms with Crippen LogP contribution in [0.3, 0.4) is 0 Å². The number of hydrogen-bond acceptors (Lipinski definition) is 5. The van der Waals surface area contributed by atoms with E-state index >= 15 is 0 Å². The number of nitrogens with zero attached hydrogens (tertiary/aromatic N) is 3. The Kier molecular flexibility index (Phi) is 3.01. The van der Waals surface area contributed by atoms with Crippen molar-refractivity contribution in [3.05, 3.63) is 40.2 Å². The van der Waals surface area contributed by atoms with Crippen molar-refractivity contribution in [3.8, 4) is 0 Å². The van der Waals surface area contributed by atoms with E-state index in [1.54, 1.807) is 29.0 Å². The van der Waals surface area contributed by atoms with Crippen LogP contribution in [-0.2, 0) is 0 Å². The molecule has 3 nitrogen and oxygen atoms in total. The lowest BCUT2D eigenvalue weighted by Crippen LogP contribution is -2.22. The summed E-state index contributed by atoms with van der Waals surface area (Å²) in [6.45, 7) is 2.20. The zero-order valence-corrected chi connectivity index (χ0v) is 11.8. The van der Waals surface area contributed by atoms with E-state index in [9.17, 15) is 0 Å². The zero-order valence-electron chi connectivity index (χ0n) is 10.2. The van der Waals surface area contributed by atoms with Gasteiger partial charge in [-0.25, -0.2) is 9.97 Å². The van der Waals surface area contributed by atoms with Gasteiger partial charge in [0, 0.05) is 11.9 Å². The summed E-state index contributed by atoms with van der Waals surface area (Å²) in [5.74, 6) is 1.01. The predicted octanol–water partition coefficient (Wildman–Crippen LogP) is 3.95. The number of anilines is 1. The normalized spacial score (nSPS) is 12.8. The average molecular weight is 275 g/mol. The largest absolute Gasteiger partial charge is 0.351 e. The third kappa shape index (κ3) is 1.89. The van der Waals surface area contributed by atoms with Gasteiger partial charge in [-0.3, -0.25) is 0 Å². The van der Waals surface area contributed by atoms with Crippen LogP contribution in [-0.4, -0.2) is 17.0 Å². The number of rotatable bonds is 3. The maximum Gasteiger partial charge on any atom is 0.150 e. The van der Waals surface area contributed by atoms with Crippen molar-refractivity contribution in [2.45, 2.75) is 13.0 Å². The van der Waals surface area contributed by atoms with Gasteiger partial charge in [-0.2, -0.15) is 0 Å². The molecule has 92 valence electrons. The fraction of sp³-hybridized carbons (Fsp3) is 0.231. The van der Waals surface area contributed by atoms with Crippen LogP contribution in [0.4, 0.5) is 5.82 Å². The van der Waals surface area contributed by atoms with Gasteiger partial charge in [0.2, 0.25) is 0 Å². The summed E-state index contributed by atoms with van der Waals surface area (Å²) in [5, 5.41) is 4.17. The first kappa shape index (κ1) is 11.6. The Morgan fingerprint density at radius 3 is 2.83 bits per heavy atom. The van der Waals surface area contributed by atoms with Gasteiger partial charge < -0.3 is 4.90 Å². The van der Waals surface area contributed by atoms with Gasteiger partial charge >= 0.3 is 0 Å². The molecule has 3 rings (SSSR count). The molecule has 5 heteroatoms. The Labute approximate surface area is 114 Å². The highest BCUT2D eigenvalue weighted by atomic mass is 32.1. The topological polar surface area (TPSA) is 29.0 Å². The number of thiophene rings is 2. The van der Waals surface area contributed by atoms with Gasteiger partial charge in [0.05, 0.1) is 16.3 Å². The minimum Gasteiger partial charge on any atom is -0.351 e. The van der Waals surface area contributed by atoms with Gasteiger partial charge in [-0.1, -0.05) is 6.07 Å². The van der Waals surface area contributed by atoms with E-state index in [0.29, 0.717) is 6.04 Å². The highest BCUT2D eigenvalue weighted by molar-refractivity contribution is 7.17. The van der Waals surface area contributed by atoms with Crippen LogP contribution >= 0.6 is 22.7 Å². The summed E-state index contributed by atoms with van der Waals surface area (Å²) in [7, 11) is 2.09. The molecule has 0 spiro atoms. The van der Waals surface area contributed by atoms with Gasteiger partial charge in [0.1, 0.15) is 12.1 Å². The van der Waals surface area contributed by atoms with Crippen LogP contribution in [0.1, 0.15) is 17.8 Å². The quantitative estimate of drug-likeness (QED) is 0.724. The first-order valence-electron chi connectivity index (χ1n) is 5.72. The Bertz CT molecular complexity index is 645. The predicted molar refractivity (Wildman–Crippen MR) is 78.6 cm³/mol. The monoisotopic (exact) mass is 275 g/mol. The lowest BCUT2D eigenvalue weighted by molar-refractivity contribution is 0.745. The van der Waals surface area contributed by atoms with Crippen molar-refractivity contribution in [1.29, 1.82) is 0 Å². The zero-order chi connectivity index (χ0) is 12.5. The lowest BCUT2D eigenvalue weighted by Gasteiger charge is -2.25. The first-order chi connectivity index (χ1) is 8.77. The molecule has 3 aromatic rings. The molecule has 0 fully saturated rings. The molecule has 1 atom stereocenters. The van der Waals surface area contributed by atoms with Crippen molar-refractivity contribution in [2.24, 2.45) is 0 Å². The first-order valence-corrected chi connectivity index (χ1v) is 7.47. The van der Waals surface area contributed by atoms with Gasteiger partial charge in [0.15, 0.2) is 0 Å². The van der Waals surface area contributed by atoms with E-state index in [1.807, 2.05) is 6.07 Å². The number of fused-ring (bicyclic) bond motifs is 1. The highest BCUT2D eigenvalue weighted by Gasteiger charge is 2.17. The van der Waals surface area contributed by atoms with Crippen LogP contribution in [0.25, 0.3) is 10.2 Å². The highest BCUT2D eigenvalue weighted by Crippen LogP contribution is 2.33. The molecule has 0 amide bonds. The third-order valence-electron chi connectivity index (χ3n) is 3.09. The van der Waals surface area contributed by atoms with Crippen molar-refractivity contribution in [2.75, 3.05) is 11.9 Å². The van der Waals surface area contributed by atoms with Crippen LogP contribution in [0.15, 0.2) is 35.3 Å². The third-order valence-corrected chi connectivity index (χ3v) is 5.04. The van der Waals surface area contributed by atoms with Crippen LogP contribution in [0, 0.1) is 0 Å². The molecule has 18 heavy (non-hydrogen) atoms. The number of hydrogen-bond donors (Lipinski definition) is 0. The van der Waals surface area contributed by atoms with Crippen LogP contribution in [0.2, 0.25) is 0 Å². The SMILES string of the molecule is CC(c1cccs1)N(C)c1ncnc2ccsc12. The van der Waals surface area contributed by atoms with Crippen molar-refractivity contribution in [1.82, 2.24) is 9.97 Å². The molecule has 3 aromatic heterocycles. The summed E-state index contributed by atoms with van der Waals surface area (Å²) in [5.41, 5.74) is 1.02. The Balaban J connectivity index is 2.01. The summed E-state index contributed by atoms with van der Waals surface area (Å²) >= 11 is 3.47. The number of aromatic nitrogens is 2. The molecular weight excluding hydrogens is 262 g/mol. The molecule has 0 aliphatic rings. The molecule has 1 unspecified atom stereocenters. The standard InChI is InChI=1S/C13H13N3S2/c1-9(11-4-3-6-17-11)16(2)13-12-10(5-7-18-12)14-8-15-13/h3-9H,1-2H3. The molecule has 0 saturated heterocycles. The molecule has 0 radical (unpaired) electrons. The van der Waals surface area contributed by atoms with Crippen LogP contribution < -0.4 is 4.90 Å². The van der Waals surface area contributed by atoms with E-state index in [2.05, 4.69) is 51.7 Å². The van der Waals surface area contributed by atoms with E-state index in [0.717, 1.165) is 16.0 Å². The Morgan fingerprint density at radius 1 is 1.17 bits per heavy atom. The van der Waals surface area contributed by atoms with E-state index in [-0.39, 0.29) is 0 Å². The maximum absolute atomic E-state index is 4.44. The minimum absolute atomic E-state index is 0.324. The Morgan fingerprint density at radius 2 is 2.06 bits per heavy atom. The summed E-state index contributed by atoms with van der Waals surface area (Å²) in [6.07, 6.45) is 1.64. The van der Waals surface area contributed by atoms with Gasteiger partial charge in [0.25, 0.3) is 0 Å². The van der Waals surface area contributed by atoms with Crippen LogP contribution in [0.5, 0.6) is 0 Å². The fourth-order valence-corrected chi connectivity index (χ4v) is 3.63. The maximum atomic E-state index is 4.44. The molecule has 0 aliphatic carbocycles. The van der Waals surface area contributed by atoms with E-state index < -0.39 is 0 Å². The molecule has 0 aliphatic heterocycles. The second kappa shape index (κ2) is 4.66. The summed E-state index contributed by atoms with van der Waals surface area (Å²) in [4.78, 5) is 12.3. The fourth-order valence-electron chi connectivity index (χ4n) is 1.93. The summed E-state index contributed by atoms with van der Waals surface area (Å²) in [6, 6.07) is 6.61. The van der Waals surface area contributed by atoms with Crippen molar-refractivity contribution >= 4 is 38.7 Å². The summed E-state index contributed by atoms with van der Waals surface area (Å²) < 4.78 is 1.16. The van der Waals surface area contributed by atoms with Gasteiger partial charge in [-0.05, 0) is 29.8 Å². The minimum atomic E-state index is 0.324. The smallest absolute Gasteiger partial charge is 0.150 e. The van der Waals surface area contributed by atoms with Crippen molar-refractivity contribution < 1.29 is 0 Å². The lowest BCUT2D eigenvalue weighted by atomic mass is 10.2.